The van der Waals surface area contributed by atoms with Crippen molar-refractivity contribution in [2.75, 3.05) is 6.61 Å². The highest BCUT2D eigenvalue weighted by Gasteiger charge is 2.30. The number of Topliss-reactive ketones (excluding diaryl/α,β-unsaturated/α-hetero) is 1. The van der Waals surface area contributed by atoms with Gasteiger partial charge in [-0.2, -0.15) is 0 Å². The lowest BCUT2D eigenvalue weighted by molar-refractivity contribution is -0.144. The minimum Gasteiger partial charge on any atom is -0.463 e. The van der Waals surface area contributed by atoms with E-state index < -0.39 is 12.1 Å². The Balaban J connectivity index is 0.00000140. The zero-order valence-corrected chi connectivity index (χ0v) is 16.8. The van der Waals surface area contributed by atoms with Crippen LogP contribution in [0.3, 0.4) is 0 Å². The number of ketones is 1. The van der Waals surface area contributed by atoms with Crippen LogP contribution in [-0.2, 0) is 16.0 Å². The van der Waals surface area contributed by atoms with Crippen molar-refractivity contribution < 1.29 is 14.3 Å². The number of nitrogens with zero attached hydrogens (tertiary/aromatic N) is 3. The molecule has 2 aromatic rings. The van der Waals surface area contributed by atoms with Crippen LogP contribution in [0.1, 0.15) is 40.4 Å². The first kappa shape index (κ1) is 21.7. The number of carbonyl (C=O) groups is 2. The molecule has 0 N–H and O–H groups in total. The maximum absolute atomic E-state index is 12.1. The number of esters is 1. The van der Waals surface area contributed by atoms with Crippen LogP contribution in [-0.4, -0.2) is 40.9 Å². The van der Waals surface area contributed by atoms with Crippen molar-refractivity contribution in [1.82, 2.24) is 4.98 Å². The first-order valence-corrected chi connectivity index (χ1v) is 8.57. The van der Waals surface area contributed by atoms with Crippen LogP contribution in [0, 0.1) is 0 Å². The van der Waals surface area contributed by atoms with E-state index in [0.717, 1.165) is 28.7 Å². The van der Waals surface area contributed by atoms with E-state index in [1.165, 1.54) is 0 Å². The van der Waals surface area contributed by atoms with Crippen LogP contribution in [0.5, 0.6) is 0 Å². The van der Waals surface area contributed by atoms with Gasteiger partial charge in [-0.1, -0.05) is 12.1 Å². The number of hydrogen-bond acceptors (Lipinski definition) is 6. The number of benzene rings is 1. The number of pyridine rings is 1. The van der Waals surface area contributed by atoms with Crippen LogP contribution in [0.4, 0.5) is 0 Å². The lowest BCUT2D eigenvalue weighted by Crippen LogP contribution is -2.17. The van der Waals surface area contributed by atoms with Crippen LogP contribution in [0.15, 0.2) is 52.7 Å². The lowest BCUT2D eigenvalue weighted by Gasteiger charge is -2.07. The molecule has 0 bridgehead atoms. The van der Waals surface area contributed by atoms with Crippen molar-refractivity contribution in [3.8, 4) is 0 Å². The van der Waals surface area contributed by atoms with E-state index >= 15 is 0 Å². The van der Waals surface area contributed by atoms with E-state index in [4.69, 9.17) is 4.74 Å². The third-order valence-electron chi connectivity index (χ3n) is 4.48. The van der Waals surface area contributed by atoms with Gasteiger partial charge in [0, 0.05) is 35.5 Å². The van der Waals surface area contributed by atoms with E-state index in [1.807, 2.05) is 30.3 Å². The number of ether oxygens (including phenoxy) is 1. The minimum absolute atomic E-state index is 0. The smallest absolute Gasteiger partial charge is 0.353 e. The van der Waals surface area contributed by atoms with E-state index in [0.29, 0.717) is 17.8 Å². The first-order valence-electron chi connectivity index (χ1n) is 8.57. The normalized spacial score (nSPS) is 17.0. The van der Waals surface area contributed by atoms with Gasteiger partial charge >= 0.3 is 5.97 Å². The summed E-state index contributed by atoms with van der Waals surface area (Å²) in [5.74, 6) is -0.294. The van der Waals surface area contributed by atoms with E-state index in [2.05, 4.69) is 15.0 Å². The number of carbonyl (C=O) groups excluding carboxylic acids is 2. The summed E-state index contributed by atoms with van der Waals surface area (Å²) >= 11 is 0. The van der Waals surface area contributed by atoms with Crippen molar-refractivity contribution in [1.29, 1.82) is 0 Å². The number of rotatable bonds is 4. The van der Waals surface area contributed by atoms with Gasteiger partial charge in [0.1, 0.15) is 0 Å². The van der Waals surface area contributed by atoms with Crippen molar-refractivity contribution in [3.63, 3.8) is 0 Å². The largest absolute Gasteiger partial charge is 0.463 e. The third-order valence-corrected chi connectivity index (χ3v) is 4.48. The highest BCUT2D eigenvalue weighted by Crippen LogP contribution is 2.26. The summed E-state index contributed by atoms with van der Waals surface area (Å²) in [5.41, 5.74) is 4.75. The SMILES string of the molecule is CCOC(=O)C1N=C(c2ccncc2)C(c2ccc3c(c2)CCC3=O)=N1.Cl.Cl. The molecule has 2 aliphatic rings. The predicted octanol–water partition coefficient (Wildman–Crippen LogP) is 3.24. The molecule has 2 heterocycles. The quantitative estimate of drug-likeness (QED) is 0.712. The fourth-order valence-corrected chi connectivity index (χ4v) is 3.25. The fraction of sp³-hybridized carbons (Fsp3) is 0.250. The van der Waals surface area contributed by atoms with Gasteiger partial charge in [0.2, 0.25) is 6.17 Å². The second-order valence-electron chi connectivity index (χ2n) is 6.11. The van der Waals surface area contributed by atoms with Gasteiger partial charge in [-0.3, -0.25) is 9.78 Å². The fourth-order valence-electron chi connectivity index (χ4n) is 3.25. The van der Waals surface area contributed by atoms with E-state index in [1.54, 1.807) is 19.3 Å². The Morgan fingerprint density at radius 1 is 1.04 bits per heavy atom. The highest BCUT2D eigenvalue weighted by molar-refractivity contribution is 6.54. The second-order valence-corrected chi connectivity index (χ2v) is 6.11. The number of fused-ring (bicyclic) bond motifs is 1. The summed E-state index contributed by atoms with van der Waals surface area (Å²) in [7, 11) is 0. The third kappa shape index (κ3) is 3.98. The molecule has 0 spiro atoms. The molecule has 1 aromatic heterocycles. The van der Waals surface area contributed by atoms with Crippen LogP contribution in [0.25, 0.3) is 0 Å². The Labute approximate surface area is 175 Å². The van der Waals surface area contributed by atoms with Gasteiger partial charge in [0.15, 0.2) is 5.78 Å². The Morgan fingerprint density at radius 2 is 1.71 bits per heavy atom. The van der Waals surface area contributed by atoms with E-state index in [9.17, 15) is 9.59 Å². The molecule has 0 radical (unpaired) electrons. The number of aromatic nitrogens is 1. The average Bonchev–Trinajstić information content (AvgIpc) is 3.27. The van der Waals surface area contributed by atoms with E-state index in [-0.39, 0.29) is 37.2 Å². The molecule has 1 aromatic carbocycles. The second kappa shape index (κ2) is 9.08. The summed E-state index contributed by atoms with van der Waals surface area (Å²) in [4.78, 5) is 37.0. The summed E-state index contributed by atoms with van der Waals surface area (Å²) in [6.07, 6.45) is 3.73. The number of aliphatic imine (C=N–C) groups is 2. The molecular weight excluding hydrogens is 401 g/mol. The molecule has 8 heteroatoms. The summed E-state index contributed by atoms with van der Waals surface area (Å²) in [6, 6.07) is 9.34. The number of halogens is 2. The molecule has 28 heavy (non-hydrogen) atoms. The molecule has 1 atom stereocenters. The molecule has 6 nitrogen and oxygen atoms in total. The minimum atomic E-state index is -0.900. The molecule has 0 saturated carbocycles. The monoisotopic (exact) mass is 419 g/mol. The molecule has 1 aliphatic carbocycles. The van der Waals surface area contributed by atoms with Gasteiger partial charge < -0.3 is 4.74 Å². The van der Waals surface area contributed by atoms with Crippen LogP contribution < -0.4 is 0 Å². The number of hydrogen-bond donors (Lipinski definition) is 0. The van der Waals surface area contributed by atoms with Crippen molar-refractivity contribution in [3.05, 3.63) is 65.0 Å². The molecule has 0 amide bonds. The molecule has 1 unspecified atom stereocenters. The first-order chi connectivity index (χ1) is 12.7. The van der Waals surface area contributed by atoms with Crippen LogP contribution >= 0.6 is 24.8 Å². The molecule has 1 aliphatic heterocycles. The van der Waals surface area contributed by atoms with Gasteiger partial charge in [0.05, 0.1) is 18.0 Å². The molecule has 0 saturated heterocycles. The lowest BCUT2D eigenvalue weighted by atomic mass is 9.97. The Hall–Kier alpha value is -2.57. The maximum atomic E-state index is 12.1. The Kier molecular flexibility index (Phi) is 7.05. The zero-order valence-electron chi connectivity index (χ0n) is 15.1. The van der Waals surface area contributed by atoms with Crippen molar-refractivity contribution >= 4 is 48.0 Å². The standard InChI is InChI=1S/C20H17N3O3.2ClH/c1-2-26-20(25)19-22-17(12-7-9-21-10-8-12)18(23-19)14-3-5-15-13(11-14)4-6-16(15)24;;/h3,5,7-11,19H,2,4,6H2,1H3;2*1H. The Bertz CT molecular complexity index is 958. The van der Waals surface area contributed by atoms with Gasteiger partial charge in [-0.05, 0) is 37.1 Å². The number of aryl methyl sites for hydroxylation is 1. The molecule has 146 valence electrons. The highest BCUT2D eigenvalue weighted by atomic mass is 35.5. The topological polar surface area (TPSA) is 81.0 Å². The molecule has 0 fully saturated rings. The summed E-state index contributed by atoms with van der Waals surface area (Å²) < 4.78 is 5.07. The van der Waals surface area contributed by atoms with Gasteiger partial charge in [-0.15, -0.1) is 24.8 Å². The predicted molar refractivity (Wildman–Crippen MR) is 111 cm³/mol. The maximum Gasteiger partial charge on any atom is 0.353 e. The van der Waals surface area contributed by atoms with Gasteiger partial charge in [-0.25, -0.2) is 14.8 Å². The van der Waals surface area contributed by atoms with Gasteiger partial charge in [0.25, 0.3) is 0 Å². The average molecular weight is 420 g/mol. The Morgan fingerprint density at radius 3 is 2.39 bits per heavy atom. The van der Waals surface area contributed by atoms with Crippen molar-refractivity contribution in [2.45, 2.75) is 25.9 Å². The molecule has 4 rings (SSSR count). The van der Waals surface area contributed by atoms with Crippen LogP contribution in [0.2, 0.25) is 0 Å². The zero-order chi connectivity index (χ0) is 18.1. The summed E-state index contributed by atoms with van der Waals surface area (Å²) in [6.45, 7) is 2.03. The molecular formula is C20H19Cl2N3O3. The van der Waals surface area contributed by atoms with Crippen molar-refractivity contribution in [2.24, 2.45) is 9.98 Å². The summed E-state index contributed by atoms with van der Waals surface area (Å²) in [5, 5.41) is 0.